The van der Waals surface area contributed by atoms with Crippen LogP contribution in [-0.2, 0) is 0 Å². The Balaban J connectivity index is 4.36. The molecule has 0 bridgehead atoms. The van der Waals surface area contributed by atoms with E-state index in [0.29, 0.717) is 0 Å². The second-order valence-corrected chi connectivity index (χ2v) is 4.17. The van der Waals surface area contributed by atoms with E-state index in [9.17, 15) is 0 Å². The standard InChI is InChI=1S/C10H19N/c1-8(2)7-11-9(3)10(4,5)6/h7H,1-6H3/b11-9+. The molecule has 0 aliphatic carbocycles. The van der Waals surface area contributed by atoms with E-state index in [0.717, 1.165) is 0 Å². The topological polar surface area (TPSA) is 12.4 Å². The number of nitrogens with zero attached hydrogens (tertiary/aromatic N) is 1. The van der Waals surface area contributed by atoms with Crippen molar-refractivity contribution in [3.63, 3.8) is 0 Å². The van der Waals surface area contributed by atoms with E-state index in [1.165, 1.54) is 11.3 Å². The molecular weight excluding hydrogens is 134 g/mol. The molecule has 0 N–H and O–H groups in total. The van der Waals surface area contributed by atoms with E-state index in [-0.39, 0.29) is 5.41 Å². The molecule has 0 aromatic rings. The van der Waals surface area contributed by atoms with Crippen LogP contribution in [0.2, 0.25) is 0 Å². The molecular formula is C10H19N. The minimum Gasteiger partial charge on any atom is -0.265 e. The number of rotatable bonds is 1. The van der Waals surface area contributed by atoms with Gasteiger partial charge in [-0.15, -0.1) is 0 Å². The van der Waals surface area contributed by atoms with Crippen molar-refractivity contribution in [2.45, 2.75) is 41.5 Å². The molecule has 0 radical (unpaired) electrons. The molecule has 0 spiro atoms. The third-order valence-corrected chi connectivity index (χ3v) is 1.60. The molecule has 11 heavy (non-hydrogen) atoms. The summed E-state index contributed by atoms with van der Waals surface area (Å²) in [6.45, 7) is 12.7. The number of hydrogen-bond donors (Lipinski definition) is 0. The third-order valence-electron chi connectivity index (χ3n) is 1.60. The normalized spacial score (nSPS) is 13.1. The molecule has 0 aromatic carbocycles. The maximum atomic E-state index is 4.35. The Morgan fingerprint density at radius 3 is 1.82 bits per heavy atom. The first-order valence-corrected chi connectivity index (χ1v) is 4.02. The van der Waals surface area contributed by atoms with Crippen LogP contribution in [0.3, 0.4) is 0 Å². The van der Waals surface area contributed by atoms with Crippen LogP contribution in [0.5, 0.6) is 0 Å². The predicted octanol–water partition coefficient (Wildman–Crippen LogP) is 3.42. The summed E-state index contributed by atoms with van der Waals surface area (Å²) < 4.78 is 0. The van der Waals surface area contributed by atoms with E-state index in [2.05, 4.69) is 46.5 Å². The number of aliphatic imine (C=N–C) groups is 1. The van der Waals surface area contributed by atoms with Crippen molar-refractivity contribution in [2.24, 2.45) is 10.4 Å². The Morgan fingerprint density at radius 1 is 1.09 bits per heavy atom. The lowest BCUT2D eigenvalue weighted by Gasteiger charge is -2.16. The van der Waals surface area contributed by atoms with Crippen molar-refractivity contribution in [3.05, 3.63) is 11.8 Å². The van der Waals surface area contributed by atoms with E-state index >= 15 is 0 Å². The molecule has 1 nitrogen and oxygen atoms in total. The highest BCUT2D eigenvalue weighted by Gasteiger charge is 2.12. The van der Waals surface area contributed by atoms with Crippen LogP contribution in [0.4, 0.5) is 0 Å². The zero-order valence-electron chi connectivity index (χ0n) is 8.52. The monoisotopic (exact) mass is 153 g/mol. The lowest BCUT2D eigenvalue weighted by Crippen LogP contribution is -2.16. The van der Waals surface area contributed by atoms with Crippen LogP contribution in [-0.4, -0.2) is 5.71 Å². The van der Waals surface area contributed by atoms with Gasteiger partial charge in [-0.05, 0) is 26.2 Å². The summed E-state index contributed by atoms with van der Waals surface area (Å²) in [7, 11) is 0. The van der Waals surface area contributed by atoms with Gasteiger partial charge >= 0.3 is 0 Å². The van der Waals surface area contributed by atoms with Crippen molar-refractivity contribution in [1.29, 1.82) is 0 Å². The largest absolute Gasteiger partial charge is 0.265 e. The van der Waals surface area contributed by atoms with Gasteiger partial charge in [0.1, 0.15) is 0 Å². The molecule has 0 unspecified atom stereocenters. The van der Waals surface area contributed by atoms with Crippen molar-refractivity contribution >= 4 is 5.71 Å². The summed E-state index contributed by atoms with van der Waals surface area (Å²) in [6.07, 6.45) is 1.92. The number of allylic oxidation sites excluding steroid dienone is 1. The van der Waals surface area contributed by atoms with Crippen molar-refractivity contribution < 1.29 is 0 Å². The lowest BCUT2D eigenvalue weighted by atomic mass is 9.91. The fourth-order valence-corrected chi connectivity index (χ4v) is 0.420. The summed E-state index contributed by atoms with van der Waals surface area (Å²) in [5.41, 5.74) is 2.62. The van der Waals surface area contributed by atoms with Gasteiger partial charge in [0.2, 0.25) is 0 Å². The van der Waals surface area contributed by atoms with Gasteiger partial charge in [0.15, 0.2) is 0 Å². The minimum atomic E-state index is 0.200. The fourth-order valence-electron chi connectivity index (χ4n) is 0.420. The van der Waals surface area contributed by atoms with Crippen LogP contribution in [0.1, 0.15) is 41.5 Å². The summed E-state index contributed by atoms with van der Waals surface area (Å²) in [5, 5.41) is 0. The van der Waals surface area contributed by atoms with Gasteiger partial charge in [-0.25, -0.2) is 0 Å². The molecule has 0 fully saturated rings. The molecule has 0 amide bonds. The molecule has 0 aliphatic heterocycles. The highest BCUT2D eigenvalue weighted by atomic mass is 14.7. The molecule has 0 rings (SSSR count). The van der Waals surface area contributed by atoms with Crippen molar-refractivity contribution in [3.8, 4) is 0 Å². The molecule has 0 aromatic heterocycles. The van der Waals surface area contributed by atoms with Crippen molar-refractivity contribution in [1.82, 2.24) is 0 Å². The van der Waals surface area contributed by atoms with Crippen molar-refractivity contribution in [2.75, 3.05) is 0 Å². The van der Waals surface area contributed by atoms with Crippen LogP contribution in [0.25, 0.3) is 0 Å². The fraction of sp³-hybridized carbons (Fsp3) is 0.700. The van der Waals surface area contributed by atoms with Crippen LogP contribution >= 0.6 is 0 Å². The van der Waals surface area contributed by atoms with Gasteiger partial charge in [-0.1, -0.05) is 26.3 Å². The number of hydrogen-bond acceptors (Lipinski definition) is 1. The molecule has 64 valence electrons. The van der Waals surface area contributed by atoms with Crippen LogP contribution in [0, 0.1) is 5.41 Å². The van der Waals surface area contributed by atoms with Gasteiger partial charge in [0.05, 0.1) is 0 Å². The Labute approximate surface area is 70.2 Å². The first-order chi connectivity index (χ1) is 4.84. The lowest BCUT2D eigenvalue weighted by molar-refractivity contribution is 0.588. The maximum Gasteiger partial charge on any atom is 0.0253 e. The Hall–Kier alpha value is -0.590. The zero-order valence-corrected chi connectivity index (χ0v) is 8.52. The van der Waals surface area contributed by atoms with Gasteiger partial charge in [-0.2, -0.15) is 0 Å². The van der Waals surface area contributed by atoms with Gasteiger partial charge in [-0.3, -0.25) is 4.99 Å². The molecule has 0 saturated heterocycles. The highest BCUT2D eigenvalue weighted by molar-refractivity contribution is 5.87. The quantitative estimate of drug-likeness (QED) is 0.512. The van der Waals surface area contributed by atoms with Crippen LogP contribution in [0.15, 0.2) is 16.8 Å². The van der Waals surface area contributed by atoms with Crippen LogP contribution < -0.4 is 0 Å². The molecule has 1 heteroatoms. The Kier molecular flexibility index (Phi) is 3.50. The maximum absolute atomic E-state index is 4.35. The second kappa shape index (κ2) is 3.70. The highest BCUT2D eigenvalue weighted by Crippen LogP contribution is 2.15. The summed E-state index contributed by atoms with van der Waals surface area (Å²) in [5.74, 6) is 0. The van der Waals surface area contributed by atoms with E-state index < -0.39 is 0 Å². The van der Waals surface area contributed by atoms with E-state index in [4.69, 9.17) is 0 Å². The Bertz CT molecular complexity index is 176. The minimum absolute atomic E-state index is 0.200. The average Bonchev–Trinajstić information content (AvgIpc) is 1.80. The molecule has 0 atom stereocenters. The molecule has 0 aliphatic rings. The first kappa shape index (κ1) is 10.4. The summed E-state index contributed by atoms with van der Waals surface area (Å²) in [6, 6.07) is 0. The second-order valence-electron chi connectivity index (χ2n) is 4.17. The van der Waals surface area contributed by atoms with E-state index in [1.807, 2.05) is 6.20 Å². The zero-order chi connectivity index (χ0) is 9.07. The molecule has 0 saturated carbocycles. The van der Waals surface area contributed by atoms with Gasteiger partial charge < -0.3 is 0 Å². The molecule has 0 heterocycles. The average molecular weight is 153 g/mol. The Morgan fingerprint density at radius 2 is 1.55 bits per heavy atom. The summed E-state index contributed by atoms with van der Waals surface area (Å²) >= 11 is 0. The van der Waals surface area contributed by atoms with Gasteiger partial charge in [0.25, 0.3) is 0 Å². The third kappa shape index (κ3) is 4.77. The van der Waals surface area contributed by atoms with Gasteiger partial charge in [0, 0.05) is 11.9 Å². The smallest absolute Gasteiger partial charge is 0.0253 e. The van der Waals surface area contributed by atoms with E-state index in [1.54, 1.807) is 0 Å². The predicted molar refractivity (Wildman–Crippen MR) is 52.0 cm³/mol. The first-order valence-electron chi connectivity index (χ1n) is 4.02. The SMILES string of the molecule is CC(C)=C/N=C(\C)C(C)(C)C. The summed E-state index contributed by atoms with van der Waals surface area (Å²) in [4.78, 5) is 4.35.